The van der Waals surface area contributed by atoms with Gasteiger partial charge in [0.1, 0.15) is 5.76 Å². The van der Waals surface area contributed by atoms with E-state index in [0.29, 0.717) is 12.4 Å². The average Bonchev–Trinajstić information content (AvgIpc) is 3.27. The summed E-state index contributed by atoms with van der Waals surface area (Å²) in [7, 11) is 1.62. The topological polar surface area (TPSA) is 74.9 Å². The fraction of sp³-hybridized carbons (Fsp3) is 0.524. The van der Waals surface area contributed by atoms with Crippen LogP contribution in [0.2, 0.25) is 0 Å². The standard InChI is InChI=1S/C21H31N5O2.HI/c1-3-22-21(23-15-17-9-7-11-20(25-17)27-2)24-16-18(19-10-8-14-28-19)26-12-5-4-6-13-26;/h7-11,14,18H,3-6,12-13,15-16H2,1-2H3,(H2,22,23,24);1H. The second kappa shape index (κ2) is 12.7. The van der Waals surface area contributed by atoms with Gasteiger partial charge in [0.25, 0.3) is 0 Å². The lowest BCUT2D eigenvalue weighted by atomic mass is 10.1. The first-order valence-corrected chi connectivity index (χ1v) is 10.1. The van der Waals surface area contributed by atoms with Crippen molar-refractivity contribution >= 4 is 29.9 Å². The zero-order chi connectivity index (χ0) is 19.6. The zero-order valence-electron chi connectivity index (χ0n) is 17.3. The molecule has 1 saturated heterocycles. The zero-order valence-corrected chi connectivity index (χ0v) is 19.6. The van der Waals surface area contributed by atoms with Crippen LogP contribution < -0.4 is 15.4 Å². The summed E-state index contributed by atoms with van der Waals surface area (Å²) in [4.78, 5) is 11.6. The third-order valence-electron chi connectivity index (χ3n) is 4.90. The molecule has 0 bridgehead atoms. The number of rotatable bonds is 8. The van der Waals surface area contributed by atoms with Crippen LogP contribution in [0.3, 0.4) is 0 Å². The average molecular weight is 513 g/mol. The number of methoxy groups -OCH3 is 1. The van der Waals surface area contributed by atoms with E-state index in [0.717, 1.165) is 43.6 Å². The van der Waals surface area contributed by atoms with E-state index >= 15 is 0 Å². The summed E-state index contributed by atoms with van der Waals surface area (Å²) in [6, 6.07) is 9.94. The summed E-state index contributed by atoms with van der Waals surface area (Å²) in [6.45, 7) is 6.30. The Labute approximate surface area is 190 Å². The molecule has 3 heterocycles. The monoisotopic (exact) mass is 513 g/mol. The molecule has 1 fully saturated rings. The van der Waals surface area contributed by atoms with Crippen LogP contribution in [-0.2, 0) is 6.54 Å². The molecule has 0 radical (unpaired) electrons. The molecule has 0 aliphatic carbocycles. The van der Waals surface area contributed by atoms with Crippen molar-refractivity contribution in [3.8, 4) is 5.88 Å². The molecule has 0 amide bonds. The molecular weight excluding hydrogens is 481 g/mol. The Morgan fingerprint density at radius 1 is 1.21 bits per heavy atom. The number of hydrogen-bond acceptors (Lipinski definition) is 5. The van der Waals surface area contributed by atoms with Crippen molar-refractivity contribution in [2.75, 3.05) is 33.3 Å². The van der Waals surface area contributed by atoms with Crippen molar-refractivity contribution in [2.45, 2.75) is 38.8 Å². The third kappa shape index (κ3) is 7.18. The van der Waals surface area contributed by atoms with Gasteiger partial charge >= 0.3 is 0 Å². The van der Waals surface area contributed by atoms with E-state index in [9.17, 15) is 0 Å². The summed E-state index contributed by atoms with van der Waals surface area (Å²) in [5, 5.41) is 6.80. The van der Waals surface area contributed by atoms with Crippen molar-refractivity contribution in [3.05, 3.63) is 48.0 Å². The summed E-state index contributed by atoms with van der Waals surface area (Å²) < 4.78 is 10.9. The van der Waals surface area contributed by atoms with Gasteiger partial charge in [0.2, 0.25) is 5.88 Å². The second-order valence-electron chi connectivity index (χ2n) is 6.88. The Kier molecular flexibility index (Phi) is 10.3. The molecule has 3 rings (SSSR count). The number of hydrogen-bond donors (Lipinski definition) is 2. The molecule has 2 N–H and O–H groups in total. The fourth-order valence-electron chi connectivity index (χ4n) is 3.48. The number of aromatic nitrogens is 1. The largest absolute Gasteiger partial charge is 0.481 e. The van der Waals surface area contributed by atoms with Crippen LogP contribution in [0, 0.1) is 0 Å². The molecule has 1 atom stereocenters. The molecular formula is C21H32IN5O2. The lowest BCUT2D eigenvalue weighted by Gasteiger charge is -2.33. The minimum absolute atomic E-state index is 0. The molecule has 7 nitrogen and oxygen atoms in total. The number of guanidine groups is 1. The first-order valence-electron chi connectivity index (χ1n) is 10.1. The smallest absolute Gasteiger partial charge is 0.213 e. The Morgan fingerprint density at radius 2 is 2.03 bits per heavy atom. The van der Waals surface area contributed by atoms with Gasteiger partial charge in [-0.1, -0.05) is 12.5 Å². The molecule has 1 aliphatic rings. The molecule has 0 aromatic carbocycles. The van der Waals surface area contributed by atoms with Crippen LogP contribution in [0.1, 0.15) is 43.7 Å². The summed E-state index contributed by atoms with van der Waals surface area (Å²) in [6.07, 6.45) is 5.55. The highest BCUT2D eigenvalue weighted by Crippen LogP contribution is 2.24. The highest BCUT2D eigenvalue weighted by atomic mass is 127. The molecule has 2 aromatic rings. The lowest BCUT2D eigenvalue weighted by Crippen LogP contribution is -2.44. The Balaban J connectivity index is 0.00000300. The van der Waals surface area contributed by atoms with Gasteiger partial charge in [-0.25, -0.2) is 9.98 Å². The van der Waals surface area contributed by atoms with E-state index in [1.54, 1.807) is 13.4 Å². The van der Waals surface area contributed by atoms with Crippen LogP contribution in [0.25, 0.3) is 0 Å². The lowest BCUT2D eigenvalue weighted by molar-refractivity contribution is 0.146. The van der Waals surface area contributed by atoms with E-state index in [1.807, 2.05) is 24.3 Å². The fourth-order valence-corrected chi connectivity index (χ4v) is 3.48. The number of pyridine rings is 1. The number of likely N-dealkylation sites (tertiary alicyclic amines) is 1. The Bertz CT molecular complexity index is 732. The number of nitrogens with one attached hydrogen (secondary N) is 2. The van der Waals surface area contributed by atoms with Crippen molar-refractivity contribution in [1.82, 2.24) is 20.5 Å². The van der Waals surface area contributed by atoms with Crippen LogP contribution >= 0.6 is 24.0 Å². The summed E-state index contributed by atoms with van der Waals surface area (Å²) in [5.74, 6) is 2.38. The van der Waals surface area contributed by atoms with E-state index in [-0.39, 0.29) is 30.0 Å². The first kappa shape index (κ1) is 23.5. The molecule has 29 heavy (non-hydrogen) atoms. The van der Waals surface area contributed by atoms with Crippen LogP contribution in [0.4, 0.5) is 0 Å². The molecule has 160 valence electrons. The van der Waals surface area contributed by atoms with Gasteiger partial charge in [0.05, 0.1) is 31.7 Å². The predicted octanol–water partition coefficient (Wildman–Crippen LogP) is 3.58. The van der Waals surface area contributed by atoms with Gasteiger partial charge in [-0.15, -0.1) is 24.0 Å². The molecule has 8 heteroatoms. The van der Waals surface area contributed by atoms with Crippen molar-refractivity contribution < 1.29 is 9.15 Å². The minimum Gasteiger partial charge on any atom is -0.481 e. The van der Waals surface area contributed by atoms with Gasteiger partial charge in [-0.3, -0.25) is 4.90 Å². The number of piperidine rings is 1. The normalized spacial score (nSPS) is 16.0. The van der Waals surface area contributed by atoms with Crippen LogP contribution in [-0.4, -0.2) is 49.1 Å². The van der Waals surface area contributed by atoms with Gasteiger partial charge in [0, 0.05) is 19.2 Å². The van der Waals surface area contributed by atoms with Crippen molar-refractivity contribution in [3.63, 3.8) is 0 Å². The Morgan fingerprint density at radius 3 is 2.72 bits per heavy atom. The SMILES string of the molecule is CCNC(=NCc1cccc(OC)n1)NCC(c1ccco1)N1CCCCC1.I. The first-order chi connectivity index (χ1) is 13.8. The van der Waals surface area contributed by atoms with Gasteiger partial charge < -0.3 is 19.8 Å². The van der Waals surface area contributed by atoms with Crippen molar-refractivity contribution in [2.24, 2.45) is 4.99 Å². The van der Waals surface area contributed by atoms with Crippen LogP contribution in [0.5, 0.6) is 5.88 Å². The Hall–Kier alpha value is -1.81. The second-order valence-corrected chi connectivity index (χ2v) is 6.88. The number of furan rings is 1. The van der Waals surface area contributed by atoms with Gasteiger partial charge in [0.15, 0.2) is 5.96 Å². The van der Waals surface area contributed by atoms with Crippen molar-refractivity contribution in [1.29, 1.82) is 0 Å². The maximum atomic E-state index is 5.73. The molecule has 0 saturated carbocycles. The maximum absolute atomic E-state index is 5.73. The molecule has 2 aromatic heterocycles. The number of aliphatic imine (C=N–C) groups is 1. The quantitative estimate of drug-likeness (QED) is 0.320. The summed E-state index contributed by atoms with van der Waals surface area (Å²) in [5.41, 5.74) is 0.871. The number of halogens is 1. The highest BCUT2D eigenvalue weighted by Gasteiger charge is 2.24. The molecule has 1 unspecified atom stereocenters. The third-order valence-corrected chi connectivity index (χ3v) is 4.90. The molecule has 1 aliphatic heterocycles. The van der Waals surface area contributed by atoms with E-state index in [1.165, 1.54) is 19.3 Å². The van der Waals surface area contributed by atoms with Gasteiger partial charge in [-0.05, 0) is 51.1 Å². The van der Waals surface area contributed by atoms with Crippen LogP contribution in [0.15, 0.2) is 46.0 Å². The van der Waals surface area contributed by atoms with Gasteiger partial charge in [-0.2, -0.15) is 0 Å². The van der Waals surface area contributed by atoms with E-state index in [4.69, 9.17) is 9.15 Å². The maximum Gasteiger partial charge on any atom is 0.213 e. The van der Waals surface area contributed by atoms with E-state index < -0.39 is 0 Å². The molecule has 0 spiro atoms. The minimum atomic E-state index is 0. The number of nitrogens with zero attached hydrogens (tertiary/aromatic N) is 3. The predicted molar refractivity (Wildman–Crippen MR) is 126 cm³/mol. The number of ether oxygens (including phenoxy) is 1. The summed E-state index contributed by atoms with van der Waals surface area (Å²) >= 11 is 0. The highest BCUT2D eigenvalue weighted by molar-refractivity contribution is 14.0. The van der Waals surface area contributed by atoms with E-state index in [2.05, 4.69) is 38.5 Å².